The maximum Gasteiger partial charge on any atom is 0.293 e. The van der Waals surface area contributed by atoms with Crippen LogP contribution in [0.1, 0.15) is 43.2 Å². The fourth-order valence-electron chi connectivity index (χ4n) is 4.02. The van der Waals surface area contributed by atoms with Crippen LogP contribution in [0.15, 0.2) is 53.4 Å². The quantitative estimate of drug-likeness (QED) is 0.300. The van der Waals surface area contributed by atoms with Gasteiger partial charge in [0.15, 0.2) is 0 Å². The largest absolute Gasteiger partial charge is 0.489 e. The number of imide groups is 1. The van der Waals surface area contributed by atoms with E-state index >= 15 is 0 Å². The number of ether oxygens (including phenoxy) is 1. The van der Waals surface area contributed by atoms with Crippen molar-refractivity contribution in [3.05, 3.63) is 74.7 Å². The number of amides is 2. The van der Waals surface area contributed by atoms with E-state index in [9.17, 15) is 19.7 Å². The highest BCUT2D eigenvalue weighted by Crippen LogP contribution is 2.35. The Kier molecular flexibility index (Phi) is 6.90. The molecule has 0 radical (unpaired) electrons. The SMILES string of the molecule is O=C1S/C(=C/c2ccc(OCc3cccc([N+](=O)[O-])c3)cc2)C(=O)N1CC1CCCCC1. The fourth-order valence-corrected chi connectivity index (χ4v) is 4.87. The molecule has 0 atom stereocenters. The Morgan fingerprint density at radius 3 is 2.56 bits per heavy atom. The molecule has 1 saturated carbocycles. The van der Waals surface area contributed by atoms with Crippen molar-refractivity contribution in [3.63, 3.8) is 0 Å². The van der Waals surface area contributed by atoms with E-state index in [0.717, 1.165) is 30.2 Å². The molecule has 2 fully saturated rings. The van der Waals surface area contributed by atoms with Gasteiger partial charge in [0.05, 0.1) is 9.83 Å². The lowest BCUT2D eigenvalue weighted by Gasteiger charge is -2.25. The van der Waals surface area contributed by atoms with E-state index in [1.807, 2.05) is 12.1 Å². The van der Waals surface area contributed by atoms with Crippen LogP contribution >= 0.6 is 11.8 Å². The molecule has 1 saturated heterocycles. The molecule has 2 aromatic carbocycles. The Morgan fingerprint density at radius 1 is 1.09 bits per heavy atom. The highest BCUT2D eigenvalue weighted by molar-refractivity contribution is 8.18. The van der Waals surface area contributed by atoms with Crippen molar-refractivity contribution in [1.29, 1.82) is 0 Å². The van der Waals surface area contributed by atoms with Gasteiger partial charge in [-0.05, 0) is 59.9 Å². The van der Waals surface area contributed by atoms with Crippen LogP contribution in [0.3, 0.4) is 0 Å². The van der Waals surface area contributed by atoms with Gasteiger partial charge in [0.1, 0.15) is 12.4 Å². The second kappa shape index (κ2) is 9.99. The molecule has 0 N–H and O–H groups in total. The van der Waals surface area contributed by atoms with Gasteiger partial charge in [0, 0.05) is 18.7 Å². The second-order valence-electron chi connectivity index (χ2n) is 8.08. The molecule has 166 valence electrons. The molecule has 2 amide bonds. The van der Waals surface area contributed by atoms with Crippen LogP contribution in [0.5, 0.6) is 5.75 Å². The summed E-state index contributed by atoms with van der Waals surface area (Å²) in [5, 5.41) is 10.7. The first-order valence-corrected chi connectivity index (χ1v) is 11.5. The van der Waals surface area contributed by atoms with E-state index in [1.54, 1.807) is 30.3 Å². The first kappa shape index (κ1) is 22.1. The van der Waals surface area contributed by atoms with Gasteiger partial charge in [0.2, 0.25) is 0 Å². The Bertz CT molecular complexity index is 1040. The number of rotatable bonds is 7. The van der Waals surface area contributed by atoms with E-state index in [0.29, 0.717) is 28.7 Å². The number of nitrogens with zero attached hydrogens (tertiary/aromatic N) is 2. The average molecular weight is 453 g/mol. The van der Waals surface area contributed by atoms with Crippen LogP contribution in [-0.2, 0) is 11.4 Å². The molecule has 0 unspecified atom stereocenters. The fraction of sp³-hybridized carbons (Fsp3) is 0.333. The molecule has 32 heavy (non-hydrogen) atoms. The minimum Gasteiger partial charge on any atom is -0.489 e. The zero-order valence-corrected chi connectivity index (χ0v) is 18.4. The number of carbonyl (C=O) groups is 2. The molecule has 1 aliphatic heterocycles. The van der Waals surface area contributed by atoms with Gasteiger partial charge in [0.25, 0.3) is 16.8 Å². The van der Waals surface area contributed by atoms with E-state index in [4.69, 9.17) is 4.74 Å². The third-order valence-electron chi connectivity index (χ3n) is 5.74. The predicted molar refractivity (Wildman–Crippen MR) is 123 cm³/mol. The molecule has 2 aliphatic rings. The minimum absolute atomic E-state index is 0.0267. The Morgan fingerprint density at radius 2 is 1.84 bits per heavy atom. The van der Waals surface area contributed by atoms with Gasteiger partial charge >= 0.3 is 0 Å². The normalized spacial score (nSPS) is 18.4. The summed E-state index contributed by atoms with van der Waals surface area (Å²) in [6.45, 7) is 0.730. The van der Waals surface area contributed by atoms with Crippen molar-refractivity contribution in [1.82, 2.24) is 4.90 Å². The topological polar surface area (TPSA) is 89.7 Å². The summed E-state index contributed by atoms with van der Waals surface area (Å²) in [6, 6.07) is 13.5. The third kappa shape index (κ3) is 5.37. The number of thioether (sulfide) groups is 1. The van der Waals surface area contributed by atoms with E-state index in [1.165, 1.54) is 36.3 Å². The Labute approximate surface area is 190 Å². The lowest BCUT2D eigenvalue weighted by Crippen LogP contribution is -2.34. The van der Waals surface area contributed by atoms with Gasteiger partial charge < -0.3 is 4.74 Å². The summed E-state index contributed by atoms with van der Waals surface area (Å²) in [5.74, 6) is 0.815. The van der Waals surface area contributed by atoms with Gasteiger partial charge in [-0.15, -0.1) is 0 Å². The maximum atomic E-state index is 12.7. The van der Waals surface area contributed by atoms with Crippen molar-refractivity contribution in [3.8, 4) is 5.75 Å². The van der Waals surface area contributed by atoms with Crippen molar-refractivity contribution in [2.45, 2.75) is 38.7 Å². The van der Waals surface area contributed by atoms with Crippen molar-refractivity contribution in [2.75, 3.05) is 6.54 Å². The summed E-state index contributed by atoms with van der Waals surface area (Å²) in [4.78, 5) is 37.4. The molecule has 0 aromatic heterocycles. The average Bonchev–Trinajstić information content (AvgIpc) is 3.07. The zero-order chi connectivity index (χ0) is 22.5. The number of non-ortho nitro benzene ring substituents is 1. The van der Waals surface area contributed by atoms with Crippen LogP contribution in [0.2, 0.25) is 0 Å². The summed E-state index contributed by atoms with van der Waals surface area (Å²) < 4.78 is 5.71. The molecule has 2 aromatic rings. The maximum absolute atomic E-state index is 12.7. The molecule has 0 bridgehead atoms. The van der Waals surface area contributed by atoms with Gasteiger partial charge in [-0.25, -0.2) is 0 Å². The van der Waals surface area contributed by atoms with Crippen LogP contribution in [0, 0.1) is 16.0 Å². The molecular formula is C24H24N2O5S. The minimum atomic E-state index is -0.435. The second-order valence-corrected chi connectivity index (χ2v) is 9.07. The first-order chi connectivity index (χ1) is 15.5. The van der Waals surface area contributed by atoms with Crippen LogP contribution in [0.25, 0.3) is 6.08 Å². The van der Waals surface area contributed by atoms with Crippen molar-refractivity contribution >= 4 is 34.7 Å². The summed E-state index contributed by atoms with van der Waals surface area (Å²) in [7, 11) is 0. The molecule has 4 rings (SSSR count). The predicted octanol–water partition coefficient (Wildman–Crippen LogP) is 5.79. The highest BCUT2D eigenvalue weighted by atomic mass is 32.2. The van der Waals surface area contributed by atoms with Crippen LogP contribution < -0.4 is 4.74 Å². The molecule has 1 heterocycles. The molecular weight excluding hydrogens is 428 g/mol. The number of nitro benzene ring substituents is 1. The smallest absolute Gasteiger partial charge is 0.293 e. The number of benzene rings is 2. The summed E-state index contributed by atoms with van der Waals surface area (Å²) in [6.07, 6.45) is 7.48. The Hall–Kier alpha value is -3.13. The third-order valence-corrected chi connectivity index (χ3v) is 6.65. The Balaban J connectivity index is 1.36. The molecule has 7 nitrogen and oxygen atoms in total. The summed E-state index contributed by atoms with van der Waals surface area (Å²) in [5.41, 5.74) is 1.53. The molecule has 8 heteroatoms. The lowest BCUT2D eigenvalue weighted by atomic mass is 9.89. The zero-order valence-electron chi connectivity index (χ0n) is 17.6. The highest BCUT2D eigenvalue weighted by Gasteiger charge is 2.36. The van der Waals surface area contributed by atoms with Gasteiger partial charge in [-0.1, -0.05) is 43.5 Å². The van der Waals surface area contributed by atoms with Crippen molar-refractivity contribution < 1.29 is 19.2 Å². The monoisotopic (exact) mass is 452 g/mol. The standard InChI is InChI=1S/C24H24N2O5S/c27-23-22(32-24(28)25(23)15-18-5-2-1-3-6-18)14-17-9-11-21(12-10-17)31-16-19-7-4-8-20(13-19)26(29)30/h4,7-14,18H,1-3,5-6,15-16H2/b22-14+. The molecule has 1 aliphatic carbocycles. The van der Waals surface area contributed by atoms with E-state index < -0.39 is 4.92 Å². The number of nitro groups is 1. The number of hydrogen-bond donors (Lipinski definition) is 0. The molecule has 0 spiro atoms. The van der Waals surface area contributed by atoms with Gasteiger partial charge in [-0.2, -0.15) is 0 Å². The van der Waals surface area contributed by atoms with Crippen LogP contribution in [0.4, 0.5) is 10.5 Å². The number of hydrogen-bond acceptors (Lipinski definition) is 6. The van der Waals surface area contributed by atoms with Gasteiger partial charge in [-0.3, -0.25) is 24.6 Å². The summed E-state index contributed by atoms with van der Waals surface area (Å²) >= 11 is 0.993. The van der Waals surface area contributed by atoms with E-state index in [-0.39, 0.29) is 23.4 Å². The number of carbonyl (C=O) groups excluding carboxylic acids is 2. The first-order valence-electron chi connectivity index (χ1n) is 10.7. The van der Waals surface area contributed by atoms with E-state index in [2.05, 4.69) is 0 Å². The van der Waals surface area contributed by atoms with Crippen LogP contribution in [-0.4, -0.2) is 27.5 Å². The van der Waals surface area contributed by atoms with Crippen molar-refractivity contribution in [2.24, 2.45) is 5.92 Å². The lowest BCUT2D eigenvalue weighted by molar-refractivity contribution is -0.384.